The Morgan fingerprint density at radius 2 is 2.00 bits per heavy atom. The van der Waals surface area contributed by atoms with Gasteiger partial charge in [-0.05, 0) is 38.0 Å². The van der Waals surface area contributed by atoms with E-state index in [1.54, 1.807) is 0 Å². The van der Waals surface area contributed by atoms with Gasteiger partial charge in [0.05, 0.1) is 22.5 Å². The van der Waals surface area contributed by atoms with E-state index in [1.807, 2.05) is 25.1 Å². The molecular formula is C13H17N3O2S. The van der Waals surface area contributed by atoms with Gasteiger partial charge in [-0.25, -0.2) is 13.4 Å². The van der Waals surface area contributed by atoms with Crippen molar-refractivity contribution in [2.75, 3.05) is 17.2 Å². The van der Waals surface area contributed by atoms with Crippen molar-refractivity contribution in [2.24, 2.45) is 0 Å². The Hall–Kier alpha value is -1.56. The van der Waals surface area contributed by atoms with E-state index < -0.39 is 9.84 Å². The number of hydrogen-bond acceptors (Lipinski definition) is 4. The van der Waals surface area contributed by atoms with Gasteiger partial charge >= 0.3 is 0 Å². The number of hydrogen-bond donors (Lipinski definition) is 1. The second-order valence-corrected chi connectivity index (χ2v) is 7.46. The number of nitrogens with zero attached hydrogens (tertiary/aromatic N) is 2. The van der Waals surface area contributed by atoms with Gasteiger partial charge in [-0.15, -0.1) is 0 Å². The zero-order valence-electron chi connectivity index (χ0n) is 10.8. The minimum Gasteiger partial charge on any atom is -0.399 e. The van der Waals surface area contributed by atoms with Crippen LogP contribution < -0.4 is 5.73 Å². The molecule has 0 radical (unpaired) electrons. The summed E-state index contributed by atoms with van der Waals surface area (Å²) in [6.45, 7) is 1.96. The molecule has 3 rings (SSSR count). The van der Waals surface area contributed by atoms with Crippen LogP contribution in [0.25, 0.3) is 11.0 Å². The summed E-state index contributed by atoms with van der Waals surface area (Å²) < 4.78 is 25.2. The van der Waals surface area contributed by atoms with Crippen LogP contribution in [0.15, 0.2) is 18.2 Å². The highest BCUT2D eigenvalue weighted by Crippen LogP contribution is 2.30. The Morgan fingerprint density at radius 3 is 2.68 bits per heavy atom. The van der Waals surface area contributed by atoms with E-state index in [-0.39, 0.29) is 17.5 Å². The predicted molar refractivity (Wildman–Crippen MR) is 75.8 cm³/mol. The van der Waals surface area contributed by atoms with Gasteiger partial charge in [0.25, 0.3) is 0 Å². The fourth-order valence-corrected chi connectivity index (χ4v) is 4.30. The summed E-state index contributed by atoms with van der Waals surface area (Å²) in [4.78, 5) is 4.52. The molecule has 102 valence electrons. The maximum Gasteiger partial charge on any atom is 0.150 e. The lowest BCUT2D eigenvalue weighted by molar-refractivity contribution is 0.451. The summed E-state index contributed by atoms with van der Waals surface area (Å²) in [7, 11) is -2.83. The molecule has 1 aromatic heterocycles. The molecule has 0 bridgehead atoms. The van der Waals surface area contributed by atoms with E-state index in [1.165, 1.54) is 0 Å². The van der Waals surface area contributed by atoms with E-state index >= 15 is 0 Å². The lowest BCUT2D eigenvalue weighted by atomic mass is 10.1. The molecule has 1 fully saturated rings. The molecule has 1 aromatic carbocycles. The normalized spacial score (nSPS) is 19.8. The van der Waals surface area contributed by atoms with Crippen molar-refractivity contribution in [3.63, 3.8) is 0 Å². The second kappa shape index (κ2) is 4.23. The fourth-order valence-electron chi connectivity index (χ4n) is 2.83. The number of aryl methyl sites for hydroxylation is 1. The molecule has 2 aromatic rings. The molecule has 2 N–H and O–H groups in total. The zero-order valence-corrected chi connectivity index (χ0v) is 11.7. The van der Waals surface area contributed by atoms with Crippen LogP contribution in [0.2, 0.25) is 0 Å². The van der Waals surface area contributed by atoms with E-state index in [0.717, 1.165) is 16.9 Å². The van der Waals surface area contributed by atoms with Crippen LogP contribution in [0.1, 0.15) is 24.7 Å². The molecule has 0 amide bonds. The molecule has 19 heavy (non-hydrogen) atoms. The van der Waals surface area contributed by atoms with Crippen molar-refractivity contribution in [3.05, 3.63) is 24.0 Å². The molecule has 6 heteroatoms. The van der Waals surface area contributed by atoms with E-state index in [4.69, 9.17) is 5.73 Å². The van der Waals surface area contributed by atoms with Crippen molar-refractivity contribution < 1.29 is 8.42 Å². The Morgan fingerprint density at radius 1 is 1.32 bits per heavy atom. The first kappa shape index (κ1) is 12.5. The number of fused-ring (bicyclic) bond motifs is 1. The smallest absolute Gasteiger partial charge is 0.150 e. The highest BCUT2D eigenvalue weighted by molar-refractivity contribution is 7.91. The molecule has 2 heterocycles. The first-order chi connectivity index (χ1) is 8.96. The van der Waals surface area contributed by atoms with Crippen molar-refractivity contribution in [3.8, 4) is 0 Å². The summed E-state index contributed by atoms with van der Waals surface area (Å²) >= 11 is 0. The summed E-state index contributed by atoms with van der Waals surface area (Å²) in [6.07, 6.45) is 1.33. The third-order valence-electron chi connectivity index (χ3n) is 3.78. The standard InChI is InChI=1S/C13H17N3O2S/c1-9-15-12-8-10(14)2-3-13(12)16(9)11-4-6-19(17,18)7-5-11/h2-3,8,11H,4-7,14H2,1H3. The third-order valence-corrected chi connectivity index (χ3v) is 5.49. The van der Waals surface area contributed by atoms with Gasteiger partial charge < -0.3 is 10.3 Å². The minimum atomic E-state index is -2.83. The molecule has 0 aliphatic carbocycles. The van der Waals surface area contributed by atoms with Gasteiger partial charge in [-0.2, -0.15) is 0 Å². The van der Waals surface area contributed by atoms with Gasteiger partial charge in [0.15, 0.2) is 0 Å². The first-order valence-electron chi connectivity index (χ1n) is 6.41. The summed E-state index contributed by atoms with van der Waals surface area (Å²) in [5, 5.41) is 0. The Labute approximate surface area is 112 Å². The maximum atomic E-state index is 11.5. The summed E-state index contributed by atoms with van der Waals surface area (Å²) in [5.41, 5.74) is 8.38. The van der Waals surface area contributed by atoms with Gasteiger partial charge in [-0.1, -0.05) is 0 Å². The number of rotatable bonds is 1. The number of benzene rings is 1. The molecule has 0 spiro atoms. The van der Waals surface area contributed by atoms with Crippen LogP contribution in [-0.2, 0) is 9.84 Å². The van der Waals surface area contributed by atoms with Crippen LogP contribution in [0.5, 0.6) is 0 Å². The fraction of sp³-hybridized carbons (Fsp3) is 0.462. The van der Waals surface area contributed by atoms with Crippen molar-refractivity contribution in [2.45, 2.75) is 25.8 Å². The van der Waals surface area contributed by atoms with Crippen LogP contribution in [-0.4, -0.2) is 29.5 Å². The SMILES string of the molecule is Cc1nc2cc(N)ccc2n1C1CCS(=O)(=O)CC1. The third kappa shape index (κ3) is 2.20. The topological polar surface area (TPSA) is 78.0 Å². The van der Waals surface area contributed by atoms with Gasteiger partial charge in [-0.3, -0.25) is 0 Å². The number of nitrogen functional groups attached to an aromatic ring is 1. The van der Waals surface area contributed by atoms with Crippen LogP contribution in [0.3, 0.4) is 0 Å². The molecule has 1 aliphatic heterocycles. The number of nitrogens with two attached hydrogens (primary N) is 1. The maximum absolute atomic E-state index is 11.5. The summed E-state index contributed by atoms with van der Waals surface area (Å²) in [5.74, 6) is 1.46. The average Bonchev–Trinajstić information content (AvgIpc) is 2.65. The molecule has 0 unspecified atom stereocenters. The minimum absolute atomic E-state index is 0.220. The van der Waals surface area contributed by atoms with Crippen molar-refractivity contribution in [1.29, 1.82) is 0 Å². The summed E-state index contributed by atoms with van der Waals surface area (Å²) in [6, 6.07) is 5.91. The average molecular weight is 279 g/mol. The Kier molecular flexibility index (Phi) is 2.78. The van der Waals surface area contributed by atoms with Crippen molar-refractivity contribution in [1.82, 2.24) is 9.55 Å². The monoisotopic (exact) mass is 279 g/mol. The largest absolute Gasteiger partial charge is 0.399 e. The van der Waals surface area contributed by atoms with Gasteiger partial charge in [0, 0.05) is 11.7 Å². The molecule has 0 saturated carbocycles. The number of anilines is 1. The first-order valence-corrected chi connectivity index (χ1v) is 8.23. The van der Waals surface area contributed by atoms with Crippen LogP contribution >= 0.6 is 0 Å². The number of imidazole rings is 1. The lowest BCUT2D eigenvalue weighted by Gasteiger charge is -2.25. The van der Waals surface area contributed by atoms with Gasteiger partial charge in [0.2, 0.25) is 0 Å². The Balaban J connectivity index is 2.03. The quantitative estimate of drug-likeness (QED) is 0.806. The second-order valence-electron chi connectivity index (χ2n) is 5.16. The predicted octanol–water partition coefficient (Wildman–Crippen LogP) is 1.68. The molecular weight excluding hydrogens is 262 g/mol. The number of aromatic nitrogens is 2. The van der Waals surface area contributed by atoms with Gasteiger partial charge in [0.1, 0.15) is 15.7 Å². The molecule has 5 nitrogen and oxygen atoms in total. The van der Waals surface area contributed by atoms with Crippen molar-refractivity contribution >= 4 is 26.6 Å². The highest BCUT2D eigenvalue weighted by atomic mass is 32.2. The molecule has 1 aliphatic rings. The molecule has 1 saturated heterocycles. The van der Waals surface area contributed by atoms with E-state index in [2.05, 4.69) is 9.55 Å². The van der Waals surface area contributed by atoms with Crippen LogP contribution in [0, 0.1) is 6.92 Å². The highest BCUT2D eigenvalue weighted by Gasteiger charge is 2.26. The number of sulfone groups is 1. The zero-order chi connectivity index (χ0) is 13.6. The van der Waals surface area contributed by atoms with Crippen LogP contribution in [0.4, 0.5) is 5.69 Å². The van der Waals surface area contributed by atoms with E-state index in [9.17, 15) is 8.42 Å². The molecule has 0 atom stereocenters. The lowest BCUT2D eigenvalue weighted by Crippen LogP contribution is -2.26. The Bertz CT molecular complexity index is 720. The van der Waals surface area contributed by atoms with E-state index in [0.29, 0.717) is 18.5 Å².